The smallest absolute Gasteiger partial charge is 0.224 e. The van der Waals surface area contributed by atoms with Crippen LogP contribution in [0.3, 0.4) is 0 Å². The molecule has 0 radical (unpaired) electrons. The predicted octanol–water partition coefficient (Wildman–Crippen LogP) is 4.53. The van der Waals surface area contributed by atoms with Crippen LogP contribution >= 0.6 is 11.6 Å². The van der Waals surface area contributed by atoms with E-state index < -0.39 is 5.82 Å². The molecular formula is C17H14ClFN2O. The highest BCUT2D eigenvalue weighted by Gasteiger charge is 2.09. The number of nitrogens with one attached hydrogen (secondary N) is 2. The zero-order valence-corrected chi connectivity index (χ0v) is 12.5. The number of hydrogen-bond donors (Lipinski definition) is 2. The first-order valence-corrected chi connectivity index (χ1v) is 7.31. The first kappa shape index (κ1) is 14.6. The van der Waals surface area contributed by atoms with Crippen molar-refractivity contribution in [2.24, 2.45) is 0 Å². The number of aromatic nitrogens is 1. The summed E-state index contributed by atoms with van der Waals surface area (Å²) in [5.41, 5.74) is 2.22. The predicted molar refractivity (Wildman–Crippen MR) is 86.7 cm³/mol. The maximum atomic E-state index is 13.6. The molecule has 0 fully saturated rings. The number of halogens is 2. The summed E-state index contributed by atoms with van der Waals surface area (Å²) >= 11 is 5.80. The molecule has 0 atom stereocenters. The quantitative estimate of drug-likeness (QED) is 0.729. The van der Waals surface area contributed by atoms with Gasteiger partial charge in [0.15, 0.2) is 0 Å². The number of carbonyl (C=O) groups is 1. The van der Waals surface area contributed by atoms with Gasteiger partial charge in [-0.15, -0.1) is 0 Å². The second-order valence-electron chi connectivity index (χ2n) is 5.03. The van der Waals surface area contributed by atoms with Crippen molar-refractivity contribution in [3.05, 3.63) is 65.1 Å². The summed E-state index contributed by atoms with van der Waals surface area (Å²) in [5, 5.41) is 4.04. The summed E-state index contributed by atoms with van der Waals surface area (Å²) in [6.07, 6.45) is 2.75. The highest BCUT2D eigenvalue weighted by molar-refractivity contribution is 6.30. The summed E-state index contributed by atoms with van der Waals surface area (Å²) in [4.78, 5) is 15.1. The molecular weight excluding hydrogens is 303 g/mol. The largest absolute Gasteiger partial charge is 0.361 e. The normalized spacial score (nSPS) is 10.8. The average molecular weight is 317 g/mol. The molecule has 0 spiro atoms. The van der Waals surface area contributed by atoms with Crippen molar-refractivity contribution in [2.45, 2.75) is 12.8 Å². The summed E-state index contributed by atoms with van der Waals surface area (Å²) in [6, 6.07) is 12.0. The van der Waals surface area contributed by atoms with Gasteiger partial charge in [0.2, 0.25) is 5.91 Å². The van der Waals surface area contributed by atoms with E-state index in [1.54, 1.807) is 0 Å². The van der Waals surface area contributed by atoms with Crippen LogP contribution in [-0.4, -0.2) is 10.9 Å². The zero-order valence-electron chi connectivity index (χ0n) is 11.7. The van der Waals surface area contributed by atoms with E-state index in [-0.39, 0.29) is 18.0 Å². The van der Waals surface area contributed by atoms with Gasteiger partial charge in [0, 0.05) is 28.5 Å². The van der Waals surface area contributed by atoms with Gasteiger partial charge in [-0.25, -0.2) is 4.39 Å². The van der Waals surface area contributed by atoms with Crippen LogP contribution in [0.4, 0.5) is 10.1 Å². The van der Waals surface area contributed by atoms with Crippen molar-refractivity contribution < 1.29 is 9.18 Å². The van der Waals surface area contributed by atoms with E-state index in [0.717, 1.165) is 16.5 Å². The van der Waals surface area contributed by atoms with Gasteiger partial charge >= 0.3 is 0 Å². The fourth-order valence-electron chi connectivity index (χ4n) is 2.39. The minimum atomic E-state index is -0.496. The lowest BCUT2D eigenvalue weighted by molar-refractivity contribution is -0.116. The number of amides is 1. The van der Waals surface area contributed by atoms with E-state index in [9.17, 15) is 9.18 Å². The van der Waals surface area contributed by atoms with Crippen LogP contribution in [0.15, 0.2) is 48.7 Å². The van der Waals surface area contributed by atoms with Gasteiger partial charge in [0.1, 0.15) is 5.82 Å². The monoisotopic (exact) mass is 316 g/mol. The lowest BCUT2D eigenvalue weighted by atomic mass is 10.1. The molecule has 112 valence electrons. The molecule has 0 aliphatic heterocycles. The van der Waals surface area contributed by atoms with Crippen molar-refractivity contribution in [1.29, 1.82) is 0 Å². The lowest BCUT2D eigenvalue weighted by Crippen LogP contribution is -2.13. The van der Waals surface area contributed by atoms with Gasteiger partial charge in [-0.2, -0.15) is 0 Å². The standard InChI is InChI=1S/C17H14ClFN2O/c18-12-6-7-14(19)16(9-12)21-17(22)8-5-11-10-20-15-4-2-1-3-13(11)15/h1-4,6-7,9-10,20H,5,8H2,(H,21,22). The number of aryl methyl sites for hydroxylation is 1. The second kappa shape index (κ2) is 6.20. The van der Waals surface area contributed by atoms with E-state index in [1.807, 2.05) is 30.5 Å². The maximum absolute atomic E-state index is 13.6. The van der Waals surface area contributed by atoms with E-state index in [0.29, 0.717) is 11.4 Å². The highest BCUT2D eigenvalue weighted by Crippen LogP contribution is 2.21. The molecule has 3 nitrogen and oxygen atoms in total. The molecule has 2 aromatic carbocycles. The fraction of sp³-hybridized carbons (Fsp3) is 0.118. The third-order valence-electron chi connectivity index (χ3n) is 3.50. The Morgan fingerprint density at radius 2 is 2.05 bits per heavy atom. The minimum absolute atomic E-state index is 0.108. The number of benzene rings is 2. The Balaban J connectivity index is 1.66. The van der Waals surface area contributed by atoms with E-state index >= 15 is 0 Å². The summed E-state index contributed by atoms with van der Waals surface area (Å²) in [7, 11) is 0. The first-order chi connectivity index (χ1) is 10.6. The van der Waals surface area contributed by atoms with Gasteiger partial charge in [0.05, 0.1) is 5.69 Å². The van der Waals surface area contributed by atoms with Gasteiger partial charge < -0.3 is 10.3 Å². The third kappa shape index (κ3) is 3.12. The SMILES string of the molecule is O=C(CCc1c[nH]c2ccccc12)Nc1cc(Cl)ccc1F. The van der Waals surface area contributed by atoms with Crippen molar-refractivity contribution in [1.82, 2.24) is 4.98 Å². The molecule has 0 saturated heterocycles. The van der Waals surface area contributed by atoms with Crippen molar-refractivity contribution >= 4 is 34.1 Å². The molecule has 1 aromatic heterocycles. The van der Waals surface area contributed by atoms with E-state index in [2.05, 4.69) is 10.3 Å². The Hall–Kier alpha value is -2.33. The summed E-state index contributed by atoms with van der Waals surface area (Å²) in [6.45, 7) is 0. The summed E-state index contributed by atoms with van der Waals surface area (Å²) < 4.78 is 13.6. The number of fused-ring (bicyclic) bond motifs is 1. The summed E-state index contributed by atoms with van der Waals surface area (Å²) in [5.74, 6) is -0.740. The molecule has 0 saturated carbocycles. The number of hydrogen-bond acceptors (Lipinski definition) is 1. The van der Waals surface area contributed by atoms with Crippen molar-refractivity contribution in [2.75, 3.05) is 5.32 Å². The maximum Gasteiger partial charge on any atom is 0.224 e. The number of para-hydroxylation sites is 1. The molecule has 0 aliphatic carbocycles. The van der Waals surface area contributed by atoms with Gasteiger partial charge in [0.25, 0.3) is 0 Å². The molecule has 1 heterocycles. The first-order valence-electron chi connectivity index (χ1n) is 6.93. The lowest BCUT2D eigenvalue weighted by Gasteiger charge is -2.06. The zero-order chi connectivity index (χ0) is 15.5. The topological polar surface area (TPSA) is 44.9 Å². The number of anilines is 1. The van der Waals surface area contributed by atoms with Crippen molar-refractivity contribution in [3.63, 3.8) is 0 Å². The van der Waals surface area contributed by atoms with E-state index in [4.69, 9.17) is 11.6 Å². The molecule has 22 heavy (non-hydrogen) atoms. The molecule has 0 bridgehead atoms. The fourth-order valence-corrected chi connectivity index (χ4v) is 2.56. The van der Waals surface area contributed by atoms with Gasteiger partial charge in [-0.3, -0.25) is 4.79 Å². The van der Waals surface area contributed by atoms with Crippen molar-refractivity contribution in [3.8, 4) is 0 Å². The van der Waals surface area contributed by atoms with Gasteiger partial charge in [-0.1, -0.05) is 29.8 Å². The van der Waals surface area contributed by atoms with Crippen LogP contribution in [0.1, 0.15) is 12.0 Å². The minimum Gasteiger partial charge on any atom is -0.361 e. The Morgan fingerprint density at radius 3 is 2.91 bits per heavy atom. The van der Waals surface area contributed by atoms with Crippen LogP contribution in [-0.2, 0) is 11.2 Å². The molecule has 1 amide bonds. The van der Waals surface area contributed by atoms with Crippen LogP contribution in [0.2, 0.25) is 5.02 Å². The molecule has 0 unspecified atom stereocenters. The van der Waals surface area contributed by atoms with Crippen LogP contribution in [0, 0.1) is 5.82 Å². The molecule has 5 heteroatoms. The molecule has 2 N–H and O–H groups in total. The Bertz CT molecular complexity index is 828. The molecule has 0 aliphatic rings. The van der Waals surface area contributed by atoms with Crippen LogP contribution in [0.25, 0.3) is 10.9 Å². The Labute approximate surface area is 132 Å². The number of rotatable bonds is 4. The number of carbonyl (C=O) groups excluding carboxylic acids is 1. The Kier molecular flexibility index (Phi) is 4.11. The highest BCUT2D eigenvalue weighted by atomic mass is 35.5. The van der Waals surface area contributed by atoms with E-state index in [1.165, 1.54) is 18.2 Å². The average Bonchev–Trinajstić information content (AvgIpc) is 2.92. The Morgan fingerprint density at radius 1 is 1.23 bits per heavy atom. The third-order valence-corrected chi connectivity index (χ3v) is 3.73. The number of H-pyrrole nitrogens is 1. The molecule has 3 rings (SSSR count). The number of aromatic amines is 1. The second-order valence-corrected chi connectivity index (χ2v) is 5.47. The van der Waals surface area contributed by atoms with Gasteiger partial charge in [-0.05, 0) is 36.2 Å². The van der Waals surface area contributed by atoms with Crippen LogP contribution in [0.5, 0.6) is 0 Å². The molecule has 3 aromatic rings. The van der Waals surface area contributed by atoms with Crippen LogP contribution < -0.4 is 5.32 Å².